The third kappa shape index (κ3) is 6.35. The number of unbranched alkanes of at least 4 members (excludes halogenated alkanes) is 4. The van der Waals surface area contributed by atoms with Gasteiger partial charge in [0.1, 0.15) is 0 Å². The van der Waals surface area contributed by atoms with E-state index in [0.29, 0.717) is 12.1 Å². The predicted molar refractivity (Wildman–Crippen MR) is 85.6 cm³/mol. The van der Waals surface area contributed by atoms with E-state index in [4.69, 9.17) is 9.84 Å². The molecule has 1 rings (SSSR count). The SMILES string of the molecule is CCCCCCCC(C)N1[C@H](COC)CC[C@H]1CC(=O)O. The van der Waals surface area contributed by atoms with E-state index in [0.717, 1.165) is 19.4 Å². The van der Waals surface area contributed by atoms with Crippen molar-refractivity contribution in [3.8, 4) is 0 Å². The van der Waals surface area contributed by atoms with Gasteiger partial charge in [-0.2, -0.15) is 0 Å². The highest BCUT2D eigenvalue weighted by molar-refractivity contribution is 5.67. The molecule has 1 aliphatic rings. The van der Waals surface area contributed by atoms with E-state index in [2.05, 4.69) is 18.7 Å². The number of aliphatic carboxylic acids is 1. The second kappa shape index (κ2) is 10.2. The molecule has 1 unspecified atom stereocenters. The second-order valence-electron chi connectivity index (χ2n) is 6.44. The molecule has 3 atom stereocenters. The number of methoxy groups -OCH3 is 1. The smallest absolute Gasteiger partial charge is 0.304 e. The first kappa shape index (κ1) is 18.4. The zero-order chi connectivity index (χ0) is 15.7. The van der Waals surface area contributed by atoms with E-state index in [-0.39, 0.29) is 12.5 Å². The molecule has 0 bridgehead atoms. The summed E-state index contributed by atoms with van der Waals surface area (Å²) >= 11 is 0. The van der Waals surface area contributed by atoms with Crippen molar-refractivity contribution in [2.45, 2.75) is 89.8 Å². The molecule has 1 fully saturated rings. The standard InChI is InChI=1S/C17H33NO3/c1-4-5-6-7-8-9-14(2)18-15(12-17(19)20)10-11-16(18)13-21-3/h14-16H,4-13H2,1-3H3,(H,19,20)/t14?,15-,16-/m0/s1. The van der Waals surface area contributed by atoms with Crippen LogP contribution in [0, 0.1) is 0 Å². The summed E-state index contributed by atoms with van der Waals surface area (Å²) < 4.78 is 5.33. The molecular formula is C17H33NO3. The molecule has 0 radical (unpaired) electrons. The van der Waals surface area contributed by atoms with Crippen molar-refractivity contribution in [3.63, 3.8) is 0 Å². The van der Waals surface area contributed by atoms with E-state index in [1.807, 2.05) is 0 Å². The van der Waals surface area contributed by atoms with Gasteiger partial charge in [-0.05, 0) is 26.2 Å². The van der Waals surface area contributed by atoms with Crippen molar-refractivity contribution in [2.75, 3.05) is 13.7 Å². The number of carbonyl (C=O) groups is 1. The second-order valence-corrected chi connectivity index (χ2v) is 6.44. The van der Waals surface area contributed by atoms with Crippen LogP contribution in [0.2, 0.25) is 0 Å². The minimum Gasteiger partial charge on any atom is -0.481 e. The molecule has 124 valence electrons. The lowest BCUT2D eigenvalue weighted by atomic mass is 10.0. The summed E-state index contributed by atoms with van der Waals surface area (Å²) in [6.07, 6.45) is 9.95. The summed E-state index contributed by atoms with van der Waals surface area (Å²) in [5.41, 5.74) is 0. The summed E-state index contributed by atoms with van der Waals surface area (Å²) in [4.78, 5) is 13.5. The Morgan fingerprint density at radius 1 is 1.24 bits per heavy atom. The van der Waals surface area contributed by atoms with Gasteiger partial charge in [-0.15, -0.1) is 0 Å². The number of carboxylic acids is 1. The summed E-state index contributed by atoms with van der Waals surface area (Å²) in [7, 11) is 1.73. The molecule has 0 aliphatic carbocycles. The lowest BCUT2D eigenvalue weighted by molar-refractivity contribution is -0.138. The molecule has 21 heavy (non-hydrogen) atoms. The average Bonchev–Trinajstić information content (AvgIpc) is 2.81. The Kier molecular flexibility index (Phi) is 8.93. The summed E-state index contributed by atoms with van der Waals surface area (Å²) in [6.45, 7) is 5.21. The Morgan fingerprint density at radius 3 is 2.52 bits per heavy atom. The molecule has 0 aromatic carbocycles. The Labute approximate surface area is 129 Å². The fourth-order valence-corrected chi connectivity index (χ4v) is 3.66. The van der Waals surface area contributed by atoms with Crippen LogP contribution < -0.4 is 0 Å². The van der Waals surface area contributed by atoms with E-state index < -0.39 is 5.97 Å². The Bertz CT molecular complexity index is 296. The summed E-state index contributed by atoms with van der Waals surface area (Å²) in [5, 5.41) is 9.10. The fraction of sp³-hybridized carbons (Fsp3) is 0.941. The number of ether oxygens (including phenoxy) is 1. The highest BCUT2D eigenvalue weighted by Gasteiger charge is 2.37. The van der Waals surface area contributed by atoms with Crippen LogP contribution in [-0.2, 0) is 9.53 Å². The monoisotopic (exact) mass is 299 g/mol. The first-order chi connectivity index (χ1) is 10.1. The normalized spacial score (nSPS) is 24.3. The predicted octanol–water partition coefficient (Wildman–Crippen LogP) is 3.69. The third-order valence-electron chi connectivity index (χ3n) is 4.68. The molecule has 4 nitrogen and oxygen atoms in total. The minimum absolute atomic E-state index is 0.188. The molecule has 0 aromatic rings. The molecule has 1 N–H and O–H groups in total. The highest BCUT2D eigenvalue weighted by atomic mass is 16.5. The molecular weight excluding hydrogens is 266 g/mol. The Morgan fingerprint density at radius 2 is 1.90 bits per heavy atom. The van der Waals surface area contributed by atoms with Gasteiger partial charge in [0.15, 0.2) is 0 Å². The van der Waals surface area contributed by atoms with Crippen LogP contribution in [0.4, 0.5) is 0 Å². The van der Waals surface area contributed by atoms with E-state index in [1.165, 1.54) is 38.5 Å². The molecule has 1 saturated heterocycles. The van der Waals surface area contributed by atoms with Crippen LogP contribution in [0.1, 0.15) is 71.6 Å². The van der Waals surface area contributed by atoms with Gasteiger partial charge in [0.05, 0.1) is 13.0 Å². The van der Waals surface area contributed by atoms with Crippen molar-refractivity contribution in [2.24, 2.45) is 0 Å². The van der Waals surface area contributed by atoms with Gasteiger partial charge in [-0.25, -0.2) is 0 Å². The molecule has 4 heteroatoms. The maximum absolute atomic E-state index is 11.1. The minimum atomic E-state index is -0.682. The summed E-state index contributed by atoms with van der Waals surface area (Å²) in [6, 6.07) is 1.04. The largest absolute Gasteiger partial charge is 0.481 e. The average molecular weight is 299 g/mol. The number of hydrogen-bond acceptors (Lipinski definition) is 3. The lowest BCUT2D eigenvalue weighted by Crippen LogP contribution is -2.45. The van der Waals surface area contributed by atoms with E-state index >= 15 is 0 Å². The van der Waals surface area contributed by atoms with E-state index in [9.17, 15) is 4.79 Å². The summed E-state index contributed by atoms with van der Waals surface area (Å²) in [5.74, 6) is -0.682. The van der Waals surface area contributed by atoms with Crippen LogP contribution in [0.15, 0.2) is 0 Å². The lowest BCUT2D eigenvalue weighted by Gasteiger charge is -2.35. The van der Waals surface area contributed by atoms with Crippen LogP contribution in [0.5, 0.6) is 0 Å². The number of hydrogen-bond donors (Lipinski definition) is 1. The van der Waals surface area contributed by atoms with Gasteiger partial charge in [-0.1, -0.05) is 39.0 Å². The maximum Gasteiger partial charge on any atom is 0.304 e. The van der Waals surface area contributed by atoms with Crippen molar-refractivity contribution < 1.29 is 14.6 Å². The van der Waals surface area contributed by atoms with Crippen LogP contribution in [0.3, 0.4) is 0 Å². The first-order valence-corrected chi connectivity index (χ1v) is 8.58. The molecule has 0 aromatic heterocycles. The van der Waals surface area contributed by atoms with Crippen LogP contribution in [0.25, 0.3) is 0 Å². The van der Waals surface area contributed by atoms with Gasteiger partial charge < -0.3 is 9.84 Å². The Balaban J connectivity index is 2.47. The molecule has 0 amide bonds. The topological polar surface area (TPSA) is 49.8 Å². The number of likely N-dealkylation sites (tertiary alicyclic amines) is 1. The molecule has 0 saturated carbocycles. The van der Waals surface area contributed by atoms with Crippen molar-refractivity contribution in [1.82, 2.24) is 4.90 Å². The Hall–Kier alpha value is -0.610. The van der Waals surface area contributed by atoms with Crippen molar-refractivity contribution in [1.29, 1.82) is 0 Å². The van der Waals surface area contributed by atoms with Gasteiger partial charge >= 0.3 is 5.97 Å². The maximum atomic E-state index is 11.1. The zero-order valence-corrected chi connectivity index (χ0v) is 14.0. The van der Waals surface area contributed by atoms with Gasteiger partial charge in [0.25, 0.3) is 0 Å². The van der Waals surface area contributed by atoms with Gasteiger partial charge in [-0.3, -0.25) is 9.69 Å². The van der Waals surface area contributed by atoms with E-state index in [1.54, 1.807) is 7.11 Å². The van der Waals surface area contributed by atoms with Crippen LogP contribution in [-0.4, -0.2) is 47.8 Å². The van der Waals surface area contributed by atoms with Gasteiger partial charge in [0, 0.05) is 25.2 Å². The van der Waals surface area contributed by atoms with Crippen LogP contribution >= 0.6 is 0 Å². The molecule has 0 spiro atoms. The molecule has 1 heterocycles. The fourth-order valence-electron chi connectivity index (χ4n) is 3.66. The number of nitrogens with zero attached hydrogens (tertiary/aromatic N) is 1. The third-order valence-corrected chi connectivity index (χ3v) is 4.68. The first-order valence-electron chi connectivity index (χ1n) is 8.58. The molecule has 1 aliphatic heterocycles. The highest BCUT2D eigenvalue weighted by Crippen LogP contribution is 2.30. The van der Waals surface area contributed by atoms with Gasteiger partial charge in [0.2, 0.25) is 0 Å². The number of rotatable bonds is 11. The quantitative estimate of drug-likeness (QED) is 0.591. The van der Waals surface area contributed by atoms with Crippen molar-refractivity contribution in [3.05, 3.63) is 0 Å². The zero-order valence-electron chi connectivity index (χ0n) is 14.0. The number of carboxylic acid groups (broad SMARTS) is 1. The van der Waals surface area contributed by atoms with Crippen molar-refractivity contribution >= 4 is 5.97 Å².